The third kappa shape index (κ3) is 2.94. The summed E-state index contributed by atoms with van der Waals surface area (Å²) in [6.07, 6.45) is 0. The van der Waals surface area contributed by atoms with Crippen molar-refractivity contribution < 1.29 is 9.90 Å². The molecule has 1 N–H and O–H groups in total. The Morgan fingerprint density at radius 2 is 1.68 bits per heavy atom. The van der Waals surface area contributed by atoms with Gasteiger partial charge in [-0.2, -0.15) is 5.10 Å². The smallest absolute Gasteiger partial charge is 0.274 e. The van der Waals surface area contributed by atoms with Crippen molar-refractivity contribution in [3.05, 3.63) is 72.4 Å². The third-order valence-corrected chi connectivity index (χ3v) is 4.50. The summed E-state index contributed by atoms with van der Waals surface area (Å²) in [7, 11) is 0. The molecule has 1 fully saturated rings. The maximum absolute atomic E-state index is 12.7. The van der Waals surface area contributed by atoms with Crippen LogP contribution in [0.1, 0.15) is 10.5 Å². The molecule has 0 spiro atoms. The topological polar surface area (TPSA) is 58.4 Å². The van der Waals surface area contributed by atoms with Crippen LogP contribution in [0.2, 0.25) is 0 Å². The highest BCUT2D eigenvalue weighted by atomic mass is 16.3. The van der Waals surface area contributed by atoms with Crippen LogP contribution in [0.3, 0.4) is 0 Å². The molecule has 4 rings (SSSR count). The number of hydrogen-bond acceptors (Lipinski definition) is 3. The van der Waals surface area contributed by atoms with Crippen molar-refractivity contribution in [1.29, 1.82) is 0 Å². The molecular formula is C20H19N3O2. The number of carbonyl (C=O) groups is 1. The molecule has 126 valence electrons. The number of carbonyl (C=O) groups excluding carboxylic acids is 1. The summed E-state index contributed by atoms with van der Waals surface area (Å²) in [6.45, 7) is 1.31. The molecule has 1 aromatic heterocycles. The molecule has 2 aromatic carbocycles. The van der Waals surface area contributed by atoms with Gasteiger partial charge < -0.3 is 10.0 Å². The van der Waals surface area contributed by atoms with E-state index in [0.29, 0.717) is 18.8 Å². The Kier molecular flexibility index (Phi) is 4.07. The highest BCUT2D eigenvalue weighted by molar-refractivity contribution is 5.94. The van der Waals surface area contributed by atoms with Crippen molar-refractivity contribution in [3.8, 4) is 16.9 Å². The van der Waals surface area contributed by atoms with Gasteiger partial charge in [0.1, 0.15) is 0 Å². The molecule has 5 heteroatoms. The predicted octanol–water partition coefficient (Wildman–Crippen LogP) is 2.60. The molecule has 0 bridgehead atoms. The molecule has 3 aromatic rings. The van der Waals surface area contributed by atoms with Crippen LogP contribution in [-0.4, -0.2) is 45.4 Å². The van der Waals surface area contributed by atoms with E-state index in [1.165, 1.54) is 0 Å². The molecule has 0 radical (unpaired) electrons. The summed E-state index contributed by atoms with van der Waals surface area (Å²) < 4.78 is 1.81. The quantitative estimate of drug-likeness (QED) is 0.798. The Labute approximate surface area is 146 Å². The number of rotatable bonds is 4. The molecule has 0 unspecified atom stereocenters. The number of benzene rings is 2. The maximum Gasteiger partial charge on any atom is 0.274 e. The molecule has 1 saturated heterocycles. The summed E-state index contributed by atoms with van der Waals surface area (Å²) in [5, 5.41) is 13.7. The number of aromatic nitrogens is 2. The summed E-state index contributed by atoms with van der Waals surface area (Å²) in [6, 6.07) is 21.6. The van der Waals surface area contributed by atoms with E-state index in [0.717, 1.165) is 16.9 Å². The number of hydrogen-bond donors (Lipinski definition) is 1. The molecule has 25 heavy (non-hydrogen) atoms. The molecule has 1 amide bonds. The van der Waals surface area contributed by atoms with E-state index in [9.17, 15) is 4.79 Å². The lowest BCUT2D eigenvalue weighted by Crippen LogP contribution is -2.51. The van der Waals surface area contributed by atoms with Crippen molar-refractivity contribution >= 4 is 5.91 Å². The van der Waals surface area contributed by atoms with Crippen molar-refractivity contribution in [2.75, 3.05) is 19.7 Å². The van der Waals surface area contributed by atoms with Crippen LogP contribution >= 0.6 is 0 Å². The van der Waals surface area contributed by atoms with Gasteiger partial charge in [0.2, 0.25) is 0 Å². The lowest BCUT2D eigenvalue weighted by molar-refractivity contribution is 0.0356. The minimum absolute atomic E-state index is 0.0865. The number of nitrogens with zero attached hydrogens (tertiary/aromatic N) is 3. The largest absolute Gasteiger partial charge is 0.396 e. The second-order valence-electron chi connectivity index (χ2n) is 6.29. The molecule has 0 saturated carbocycles. The van der Waals surface area contributed by atoms with Gasteiger partial charge in [0, 0.05) is 31.2 Å². The summed E-state index contributed by atoms with van der Waals surface area (Å²) >= 11 is 0. The first-order valence-electron chi connectivity index (χ1n) is 8.37. The fraction of sp³-hybridized carbons (Fsp3) is 0.200. The van der Waals surface area contributed by atoms with Crippen LogP contribution in [0, 0.1) is 5.92 Å². The van der Waals surface area contributed by atoms with Crippen LogP contribution in [-0.2, 0) is 0 Å². The standard InChI is InChI=1S/C20H19N3O2/c24-14-15-12-22(13-15)20(25)18-11-19(16-7-3-1-4-8-16)23(21-18)17-9-5-2-6-10-17/h1-11,15,24H,12-14H2. The Balaban J connectivity index is 1.73. The van der Waals surface area contributed by atoms with Crippen molar-refractivity contribution in [2.45, 2.75) is 0 Å². The van der Waals surface area contributed by atoms with Gasteiger partial charge in [-0.05, 0) is 18.2 Å². The normalized spacial score (nSPS) is 14.4. The SMILES string of the molecule is O=C(c1cc(-c2ccccc2)n(-c2ccccc2)n1)N1CC(CO)C1. The highest BCUT2D eigenvalue weighted by Crippen LogP contribution is 2.26. The summed E-state index contributed by atoms with van der Waals surface area (Å²) in [5.74, 6) is 0.102. The average molecular weight is 333 g/mol. The molecule has 5 nitrogen and oxygen atoms in total. The highest BCUT2D eigenvalue weighted by Gasteiger charge is 2.32. The van der Waals surface area contributed by atoms with Crippen molar-refractivity contribution in [1.82, 2.24) is 14.7 Å². The fourth-order valence-electron chi connectivity index (χ4n) is 3.08. The monoisotopic (exact) mass is 333 g/mol. The van der Waals surface area contributed by atoms with Gasteiger partial charge in [-0.25, -0.2) is 4.68 Å². The van der Waals surface area contributed by atoms with E-state index in [4.69, 9.17) is 5.11 Å². The fourth-order valence-corrected chi connectivity index (χ4v) is 3.08. The molecular weight excluding hydrogens is 314 g/mol. The van der Waals surface area contributed by atoms with Crippen molar-refractivity contribution in [3.63, 3.8) is 0 Å². The Hall–Kier alpha value is -2.92. The van der Waals surface area contributed by atoms with E-state index in [1.807, 2.05) is 71.4 Å². The van der Waals surface area contributed by atoms with Gasteiger partial charge in [-0.1, -0.05) is 48.5 Å². The Morgan fingerprint density at radius 3 is 2.32 bits per heavy atom. The van der Waals surface area contributed by atoms with Crippen LogP contribution in [0.5, 0.6) is 0 Å². The zero-order chi connectivity index (χ0) is 17.2. The van der Waals surface area contributed by atoms with E-state index in [2.05, 4.69) is 5.10 Å². The van der Waals surface area contributed by atoms with Crippen LogP contribution < -0.4 is 0 Å². The maximum atomic E-state index is 12.7. The number of aliphatic hydroxyl groups is 1. The Morgan fingerprint density at radius 1 is 1.04 bits per heavy atom. The number of likely N-dealkylation sites (tertiary alicyclic amines) is 1. The van der Waals surface area contributed by atoms with Gasteiger partial charge >= 0.3 is 0 Å². The van der Waals surface area contributed by atoms with E-state index < -0.39 is 0 Å². The van der Waals surface area contributed by atoms with Gasteiger partial charge in [0.25, 0.3) is 5.91 Å². The second-order valence-corrected chi connectivity index (χ2v) is 6.29. The molecule has 2 heterocycles. The van der Waals surface area contributed by atoms with E-state index in [1.54, 1.807) is 4.90 Å². The van der Waals surface area contributed by atoms with Gasteiger partial charge in [0.15, 0.2) is 5.69 Å². The minimum atomic E-state index is -0.0865. The van der Waals surface area contributed by atoms with Gasteiger partial charge in [0.05, 0.1) is 11.4 Å². The lowest BCUT2D eigenvalue weighted by Gasteiger charge is -2.37. The molecule has 1 aliphatic rings. The third-order valence-electron chi connectivity index (χ3n) is 4.50. The average Bonchev–Trinajstić information content (AvgIpc) is 3.08. The zero-order valence-corrected chi connectivity index (χ0v) is 13.7. The van der Waals surface area contributed by atoms with Crippen LogP contribution in [0.25, 0.3) is 16.9 Å². The van der Waals surface area contributed by atoms with Gasteiger partial charge in [-0.15, -0.1) is 0 Å². The van der Waals surface area contributed by atoms with Gasteiger partial charge in [-0.3, -0.25) is 4.79 Å². The van der Waals surface area contributed by atoms with Crippen LogP contribution in [0.15, 0.2) is 66.7 Å². The summed E-state index contributed by atoms with van der Waals surface area (Å²) in [4.78, 5) is 14.4. The first-order valence-corrected chi connectivity index (χ1v) is 8.37. The number of amides is 1. The summed E-state index contributed by atoms with van der Waals surface area (Å²) in [5.41, 5.74) is 3.24. The second kappa shape index (κ2) is 6.53. The van der Waals surface area contributed by atoms with E-state index in [-0.39, 0.29) is 18.4 Å². The van der Waals surface area contributed by atoms with Crippen LogP contribution in [0.4, 0.5) is 0 Å². The molecule has 0 aliphatic carbocycles. The lowest BCUT2D eigenvalue weighted by atomic mass is 10.0. The minimum Gasteiger partial charge on any atom is -0.396 e. The number of para-hydroxylation sites is 1. The Bertz CT molecular complexity index is 811. The van der Waals surface area contributed by atoms with Crippen molar-refractivity contribution in [2.24, 2.45) is 5.92 Å². The predicted molar refractivity (Wildman–Crippen MR) is 95.5 cm³/mol. The van der Waals surface area contributed by atoms with E-state index >= 15 is 0 Å². The molecule has 1 aliphatic heterocycles. The molecule has 0 atom stereocenters. The zero-order valence-electron chi connectivity index (χ0n) is 13.7. The number of aliphatic hydroxyl groups excluding tert-OH is 1. The first-order chi connectivity index (χ1) is 12.3. The first kappa shape index (κ1) is 15.6.